The predicted molar refractivity (Wildman–Crippen MR) is 95.4 cm³/mol. The maximum absolute atomic E-state index is 9.25. The summed E-state index contributed by atoms with van der Waals surface area (Å²) in [6.45, 7) is 0. The highest BCUT2D eigenvalue weighted by Crippen LogP contribution is 2.54. The van der Waals surface area contributed by atoms with Gasteiger partial charge in [0.05, 0.1) is 6.21 Å². The van der Waals surface area contributed by atoms with E-state index in [0.717, 1.165) is 6.42 Å². The summed E-state index contributed by atoms with van der Waals surface area (Å²) in [7, 11) is 0. The highest BCUT2D eigenvalue weighted by atomic mass is 79.9. The van der Waals surface area contributed by atoms with Gasteiger partial charge in [-0.05, 0) is 46.0 Å². The molecule has 3 aromatic rings. The third-order valence-corrected chi connectivity index (χ3v) is 4.46. The first kappa shape index (κ1) is 15.7. The molecule has 4 rings (SSSR count). The number of rotatable bonds is 5. The molecular formula is C18H13BrN4O2. The monoisotopic (exact) mass is 396 g/mol. The molecule has 0 saturated heterocycles. The zero-order chi connectivity index (χ0) is 17.2. The van der Waals surface area contributed by atoms with Crippen LogP contribution in [0.4, 0.5) is 5.88 Å². The van der Waals surface area contributed by atoms with Crippen molar-refractivity contribution in [2.75, 3.05) is 5.43 Å². The number of anilines is 1. The van der Waals surface area contributed by atoms with Crippen molar-refractivity contribution in [3.05, 3.63) is 70.0 Å². The first-order valence-electron chi connectivity index (χ1n) is 7.75. The summed E-state index contributed by atoms with van der Waals surface area (Å²) in [6, 6.07) is 15.8. The minimum absolute atomic E-state index is 0.200. The fourth-order valence-corrected chi connectivity index (χ4v) is 3.05. The van der Waals surface area contributed by atoms with Crippen LogP contribution in [-0.4, -0.2) is 11.2 Å². The molecule has 2 heterocycles. The van der Waals surface area contributed by atoms with Crippen LogP contribution in [0.2, 0.25) is 0 Å². The fourth-order valence-electron chi connectivity index (χ4n) is 2.74. The van der Waals surface area contributed by atoms with Crippen LogP contribution in [0.15, 0.2) is 61.1 Å². The van der Waals surface area contributed by atoms with Crippen LogP contribution in [0.1, 0.15) is 41.2 Å². The molecule has 2 aromatic heterocycles. The van der Waals surface area contributed by atoms with Crippen molar-refractivity contribution in [3.63, 3.8) is 0 Å². The predicted octanol–water partition coefficient (Wildman–Crippen LogP) is 4.62. The zero-order valence-electron chi connectivity index (χ0n) is 13.0. The largest absolute Gasteiger partial charge is 0.448 e. The maximum atomic E-state index is 9.25. The molecule has 1 N–H and O–H groups in total. The van der Waals surface area contributed by atoms with Gasteiger partial charge in [0.2, 0.25) is 11.6 Å². The molecule has 124 valence electrons. The highest BCUT2D eigenvalue weighted by Gasteiger charge is 2.43. The second-order valence-electron chi connectivity index (χ2n) is 5.71. The van der Waals surface area contributed by atoms with Crippen LogP contribution in [0.5, 0.6) is 0 Å². The van der Waals surface area contributed by atoms with Gasteiger partial charge < -0.3 is 8.83 Å². The molecule has 1 fully saturated rings. The number of hydrazone groups is 1. The zero-order valence-corrected chi connectivity index (χ0v) is 14.6. The first-order chi connectivity index (χ1) is 12.2. The standard InChI is InChI=1S/C18H13BrN4O2/c19-16-7-6-12(24-16)10-21-23-18-15(9-20)22-17(25-18)14-8-13(14)11-4-2-1-3-5-11/h1-7,10,13-14,23H,8H2/b21-10-/t13-,14+/m0/s1. The normalized spacial score (nSPS) is 19.0. The summed E-state index contributed by atoms with van der Waals surface area (Å²) >= 11 is 3.22. The summed E-state index contributed by atoms with van der Waals surface area (Å²) < 4.78 is 11.7. The first-order valence-corrected chi connectivity index (χ1v) is 8.54. The molecule has 25 heavy (non-hydrogen) atoms. The molecule has 0 bridgehead atoms. The molecule has 0 unspecified atom stereocenters. The Morgan fingerprint density at radius 3 is 2.76 bits per heavy atom. The van der Waals surface area contributed by atoms with E-state index in [0.29, 0.717) is 22.2 Å². The lowest BCUT2D eigenvalue weighted by atomic mass is 10.1. The lowest BCUT2D eigenvalue weighted by Crippen LogP contribution is -1.90. The van der Waals surface area contributed by atoms with E-state index in [9.17, 15) is 5.26 Å². The van der Waals surface area contributed by atoms with Gasteiger partial charge >= 0.3 is 0 Å². The van der Waals surface area contributed by atoms with Crippen LogP contribution in [0, 0.1) is 11.3 Å². The number of furan rings is 1. The summed E-state index contributed by atoms with van der Waals surface area (Å²) in [4.78, 5) is 4.30. The molecule has 1 aliphatic carbocycles. The number of nitrogens with zero attached hydrogens (tertiary/aromatic N) is 3. The molecule has 6 nitrogen and oxygen atoms in total. The number of oxazole rings is 1. The van der Waals surface area contributed by atoms with Gasteiger partial charge in [0.15, 0.2) is 4.67 Å². The topological polar surface area (TPSA) is 87.4 Å². The number of hydrogen-bond donors (Lipinski definition) is 1. The van der Waals surface area contributed by atoms with E-state index in [-0.39, 0.29) is 17.5 Å². The van der Waals surface area contributed by atoms with Gasteiger partial charge in [-0.2, -0.15) is 10.4 Å². The number of hydrogen-bond acceptors (Lipinski definition) is 6. The van der Waals surface area contributed by atoms with E-state index < -0.39 is 0 Å². The molecular weight excluding hydrogens is 384 g/mol. The van der Waals surface area contributed by atoms with E-state index in [4.69, 9.17) is 8.83 Å². The third-order valence-electron chi connectivity index (χ3n) is 4.04. The lowest BCUT2D eigenvalue weighted by Gasteiger charge is -1.97. The van der Waals surface area contributed by atoms with Crippen LogP contribution in [-0.2, 0) is 0 Å². The molecule has 0 radical (unpaired) electrons. The van der Waals surface area contributed by atoms with Gasteiger partial charge in [-0.25, -0.2) is 10.4 Å². The van der Waals surface area contributed by atoms with Crippen molar-refractivity contribution < 1.29 is 8.83 Å². The number of aromatic nitrogens is 1. The highest BCUT2D eigenvalue weighted by molar-refractivity contribution is 9.10. The van der Waals surface area contributed by atoms with Crippen LogP contribution in [0.3, 0.4) is 0 Å². The van der Waals surface area contributed by atoms with Crippen molar-refractivity contribution in [2.24, 2.45) is 5.10 Å². The molecule has 0 amide bonds. The smallest absolute Gasteiger partial charge is 0.252 e. The lowest BCUT2D eigenvalue weighted by molar-refractivity contribution is 0.506. The van der Waals surface area contributed by atoms with Gasteiger partial charge in [0, 0.05) is 5.92 Å². The second kappa shape index (κ2) is 6.57. The van der Waals surface area contributed by atoms with Crippen LogP contribution < -0.4 is 5.43 Å². The average Bonchev–Trinajstić information content (AvgIpc) is 3.17. The summed E-state index contributed by atoms with van der Waals surface area (Å²) in [5, 5.41) is 13.3. The van der Waals surface area contributed by atoms with Gasteiger partial charge in [-0.1, -0.05) is 30.3 Å². The van der Waals surface area contributed by atoms with Crippen molar-refractivity contribution in [1.29, 1.82) is 5.26 Å². The Kier molecular flexibility index (Phi) is 4.12. The van der Waals surface area contributed by atoms with Gasteiger partial charge in [-0.3, -0.25) is 0 Å². The van der Waals surface area contributed by atoms with Crippen molar-refractivity contribution >= 4 is 28.0 Å². The summed E-state index contributed by atoms with van der Waals surface area (Å²) in [5.41, 5.74) is 4.19. The van der Waals surface area contributed by atoms with Crippen molar-refractivity contribution in [2.45, 2.75) is 18.3 Å². The van der Waals surface area contributed by atoms with E-state index in [1.165, 1.54) is 11.8 Å². The van der Waals surface area contributed by atoms with Gasteiger partial charge in [-0.15, -0.1) is 0 Å². The maximum Gasteiger partial charge on any atom is 0.252 e. The molecule has 1 aliphatic rings. The fraction of sp³-hybridized carbons (Fsp3) is 0.167. The molecule has 1 saturated carbocycles. The number of nitriles is 1. The summed E-state index contributed by atoms with van der Waals surface area (Å²) in [6.07, 6.45) is 2.47. The minimum Gasteiger partial charge on any atom is -0.448 e. The molecule has 0 spiro atoms. The Morgan fingerprint density at radius 1 is 1.20 bits per heavy atom. The molecule has 2 atom stereocenters. The second-order valence-corrected chi connectivity index (χ2v) is 6.49. The van der Waals surface area contributed by atoms with Gasteiger partial charge in [0.1, 0.15) is 11.8 Å². The van der Waals surface area contributed by atoms with Gasteiger partial charge in [0.25, 0.3) is 5.88 Å². The molecule has 7 heteroatoms. The average molecular weight is 397 g/mol. The van der Waals surface area contributed by atoms with Crippen molar-refractivity contribution in [1.82, 2.24) is 4.98 Å². The third kappa shape index (κ3) is 3.35. The van der Waals surface area contributed by atoms with E-state index >= 15 is 0 Å². The number of benzene rings is 1. The summed E-state index contributed by atoms with van der Waals surface area (Å²) in [5.74, 6) is 1.99. The Morgan fingerprint density at radius 2 is 2.04 bits per heavy atom. The Hall–Kier alpha value is -2.85. The Balaban J connectivity index is 1.47. The Labute approximate surface area is 152 Å². The van der Waals surface area contributed by atoms with E-state index in [2.05, 4.69) is 43.6 Å². The van der Waals surface area contributed by atoms with E-state index in [1.54, 1.807) is 12.1 Å². The Bertz CT molecular complexity index is 955. The SMILES string of the molecule is N#Cc1nc([C@@H]2C[C@H]2c2ccccc2)oc1N/N=C\c1ccc(Br)o1. The number of halogens is 1. The molecule has 1 aromatic carbocycles. The quantitative estimate of drug-likeness (QED) is 0.502. The number of nitrogens with one attached hydrogen (secondary N) is 1. The van der Waals surface area contributed by atoms with Crippen LogP contribution in [0.25, 0.3) is 0 Å². The van der Waals surface area contributed by atoms with E-state index in [1.807, 2.05) is 24.3 Å². The van der Waals surface area contributed by atoms with Crippen molar-refractivity contribution in [3.8, 4) is 6.07 Å². The molecule has 0 aliphatic heterocycles. The van der Waals surface area contributed by atoms with Crippen LogP contribution >= 0.6 is 15.9 Å². The minimum atomic E-state index is 0.200.